The van der Waals surface area contributed by atoms with Crippen molar-refractivity contribution < 1.29 is 9.53 Å². The standard InChI is InChI=1S/C12H11Br2N3O2S3/c1-19-9-4-8(6(13)3-7(9)14)15-10(18)5-21-12-16-11(20-2)17-22-12/h3-4H,5H2,1-2H3,(H,15,18). The Morgan fingerprint density at radius 3 is 2.82 bits per heavy atom. The van der Waals surface area contributed by atoms with Crippen LogP contribution in [0.1, 0.15) is 0 Å². The molecule has 0 saturated heterocycles. The molecule has 10 heteroatoms. The van der Waals surface area contributed by atoms with Gasteiger partial charge in [0.25, 0.3) is 0 Å². The van der Waals surface area contributed by atoms with Gasteiger partial charge in [-0.25, -0.2) is 4.98 Å². The topological polar surface area (TPSA) is 64.1 Å². The van der Waals surface area contributed by atoms with Gasteiger partial charge in [0.1, 0.15) is 5.75 Å². The van der Waals surface area contributed by atoms with E-state index in [-0.39, 0.29) is 11.7 Å². The quantitative estimate of drug-likeness (QED) is 0.608. The van der Waals surface area contributed by atoms with Gasteiger partial charge >= 0.3 is 0 Å². The zero-order valence-corrected chi connectivity index (χ0v) is 17.2. The number of anilines is 1. The van der Waals surface area contributed by atoms with E-state index in [0.29, 0.717) is 11.4 Å². The summed E-state index contributed by atoms with van der Waals surface area (Å²) in [5.41, 5.74) is 0.660. The summed E-state index contributed by atoms with van der Waals surface area (Å²) < 4.78 is 11.8. The fraction of sp³-hybridized carbons (Fsp3) is 0.250. The SMILES string of the molecule is COc1cc(NC(=O)CSc2nc(SC)ns2)c(Br)cc1Br. The van der Waals surface area contributed by atoms with E-state index >= 15 is 0 Å². The third-order valence-electron chi connectivity index (χ3n) is 2.41. The van der Waals surface area contributed by atoms with Crippen LogP contribution in [0, 0.1) is 0 Å². The first-order chi connectivity index (χ1) is 10.5. The van der Waals surface area contributed by atoms with Crippen LogP contribution in [0.25, 0.3) is 0 Å². The zero-order valence-electron chi connectivity index (χ0n) is 11.6. The molecule has 0 saturated carbocycles. The minimum absolute atomic E-state index is 0.115. The molecule has 1 N–H and O–H groups in total. The van der Waals surface area contributed by atoms with E-state index in [1.54, 1.807) is 13.2 Å². The molecule has 1 aromatic carbocycles. The lowest BCUT2D eigenvalue weighted by atomic mass is 10.3. The van der Waals surface area contributed by atoms with Gasteiger partial charge in [0.15, 0.2) is 4.34 Å². The molecule has 118 valence electrons. The molecular weight excluding hydrogens is 474 g/mol. The number of aromatic nitrogens is 2. The molecule has 0 spiro atoms. The maximum atomic E-state index is 12.0. The molecule has 1 amide bonds. The van der Waals surface area contributed by atoms with Crippen molar-refractivity contribution in [3.63, 3.8) is 0 Å². The molecule has 0 radical (unpaired) electrons. The Morgan fingerprint density at radius 1 is 1.41 bits per heavy atom. The molecule has 1 heterocycles. The molecule has 5 nitrogen and oxygen atoms in total. The van der Waals surface area contributed by atoms with Crippen molar-refractivity contribution in [2.75, 3.05) is 24.4 Å². The fourth-order valence-corrected chi connectivity index (χ4v) is 4.70. The molecular formula is C12H11Br2N3O2S3. The summed E-state index contributed by atoms with van der Waals surface area (Å²) in [5.74, 6) is 0.809. The number of ether oxygens (including phenoxy) is 1. The van der Waals surface area contributed by atoms with E-state index < -0.39 is 0 Å². The van der Waals surface area contributed by atoms with Gasteiger partial charge < -0.3 is 10.1 Å². The van der Waals surface area contributed by atoms with E-state index in [1.807, 2.05) is 12.3 Å². The zero-order chi connectivity index (χ0) is 16.1. The number of carbonyl (C=O) groups excluding carboxylic acids is 1. The van der Waals surface area contributed by atoms with Crippen LogP contribution < -0.4 is 10.1 Å². The van der Waals surface area contributed by atoms with Crippen LogP contribution in [0.5, 0.6) is 5.75 Å². The summed E-state index contributed by atoms with van der Waals surface area (Å²) in [6.45, 7) is 0. The largest absolute Gasteiger partial charge is 0.495 e. The number of halogens is 2. The minimum atomic E-state index is -0.115. The molecule has 0 fully saturated rings. The summed E-state index contributed by atoms with van der Waals surface area (Å²) in [6.07, 6.45) is 1.92. The van der Waals surface area contributed by atoms with Crippen LogP contribution in [-0.2, 0) is 4.79 Å². The molecule has 1 aromatic heterocycles. The van der Waals surface area contributed by atoms with E-state index in [0.717, 1.165) is 18.4 Å². The average molecular weight is 485 g/mol. The van der Waals surface area contributed by atoms with Crippen LogP contribution in [0.15, 0.2) is 30.6 Å². The molecule has 2 aromatic rings. The van der Waals surface area contributed by atoms with Crippen molar-refractivity contribution in [2.24, 2.45) is 0 Å². The Morgan fingerprint density at radius 2 is 2.18 bits per heavy atom. The van der Waals surface area contributed by atoms with E-state index in [4.69, 9.17) is 4.74 Å². The molecule has 0 atom stereocenters. The molecule has 2 rings (SSSR count). The van der Waals surface area contributed by atoms with Crippen molar-refractivity contribution in [1.82, 2.24) is 9.36 Å². The van der Waals surface area contributed by atoms with Crippen molar-refractivity contribution in [2.45, 2.75) is 9.50 Å². The van der Waals surface area contributed by atoms with Gasteiger partial charge in [-0.2, -0.15) is 4.37 Å². The first-order valence-corrected chi connectivity index (χ1v) is 10.4. The number of benzene rings is 1. The van der Waals surface area contributed by atoms with Gasteiger partial charge in [0.05, 0.1) is 23.0 Å². The normalized spacial score (nSPS) is 10.5. The highest BCUT2D eigenvalue weighted by Gasteiger charge is 2.12. The highest BCUT2D eigenvalue weighted by atomic mass is 79.9. The molecule has 0 aliphatic heterocycles. The predicted molar refractivity (Wildman–Crippen MR) is 99.4 cm³/mol. The number of thioether (sulfide) groups is 2. The number of carbonyl (C=O) groups is 1. The maximum absolute atomic E-state index is 12.0. The Kier molecular flexibility index (Phi) is 7.00. The Labute approximate surface area is 157 Å². The van der Waals surface area contributed by atoms with Crippen molar-refractivity contribution in [1.29, 1.82) is 0 Å². The van der Waals surface area contributed by atoms with Crippen LogP contribution in [0.2, 0.25) is 0 Å². The van der Waals surface area contributed by atoms with Crippen molar-refractivity contribution in [3.8, 4) is 5.75 Å². The van der Waals surface area contributed by atoms with Crippen LogP contribution in [0.3, 0.4) is 0 Å². The number of nitrogens with zero attached hydrogens (tertiary/aromatic N) is 2. The van der Waals surface area contributed by atoms with Crippen LogP contribution >= 0.6 is 66.9 Å². The summed E-state index contributed by atoms with van der Waals surface area (Å²) in [4.78, 5) is 16.3. The van der Waals surface area contributed by atoms with Crippen molar-refractivity contribution >= 4 is 78.5 Å². The molecule has 0 aliphatic carbocycles. The Balaban J connectivity index is 1.97. The second-order valence-electron chi connectivity index (χ2n) is 3.85. The number of hydrogen-bond acceptors (Lipinski definition) is 7. The lowest BCUT2D eigenvalue weighted by Crippen LogP contribution is -2.14. The summed E-state index contributed by atoms with van der Waals surface area (Å²) in [6, 6.07) is 3.59. The summed E-state index contributed by atoms with van der Waals surface area (Å²) in [7, 11) is 1.58. The number of amides is 1. The second kappa shape index (κ2) is 8.53. The first-order valence-electron chi connectivity index (χ1n) is 5.87. The summed E-state index contributed by atoms with van der Waals surface area (Å²) >= 11 is 11.0. The monoisotopic (exact) mass is 483 g/mol. The molecule has 0 unspecified atom stereocenters. The second-order valence-corrected chi connectivity index (χ2v) is 8.31. The first kappa shape index (κ1) is 18.1. The maximum Gasteiger partial charge on any atom is 0.234 e. The van der Waals surface area contributed by atoms with E-state index in [9.17, 15) is 4.79 Å². The van der Waals surface area contributed by atoms with Gasteiger partial charge in [-0.3, -0.25) is 4.79 Å². The van der Waals surface area contributed by atoms with Gasteiger partial charge in [0.2, 0.25) is 11.1 Å². The highest BCUT2D eigenvalue weighted by molar-refractivity contribution is 9.11. The smallest absolute Gasteiger partial charge is 0.234 e. The van der Waals surface area contributed by atoms with Crippen molar-refractivity contribution in [3.05, 3.63) is 21.1 Å². The Bertz CT molecular complexity index is 682. The van der Waals surface area contributed by atoms with Gasteiger partial charge in [-0.15, -0.1) is 0 Å². The third-order valence-corrected chi connectivity index (χ3v) is 6.19. The van der Waals surface area contributed by atoms with Gasteiger partial charge in [0, 0.05) is 10.5 Å². The van der Waals surface area contributed by atoms with E-state index in [2.05, 4.69) is 46.5 Å². The third kappa shape index (κ3) is 4.85. The number of nitrogens with one attached hydrogen (secondary N) is 1. The lowest BCUT2D eigenvalue weighted by Gasteiger charge is -2.10. The number of methoxy groups -OCH3 is 1. The van der Waals surface area contributed by atoms with Crippen LogP contribution in [-0.4, -0.2) is 34.4 Å². The summed E-state index contributed by atoms with van der Waals surface area (Å²) in [5, 5.41) is 3.58. The van der Waals surface area contributed by atoms with Crippen LogP contribution in [0.4, 0.5) is 5.69 Å². The van der Waals surface area contributed by atoms with Gasteiger partial charge in [-0.1, -0.05) is 23.5 Å². The number of rotatable bonds is 6. The average Bonchev–Trinajstić information content (AvgIpc) is 2.96. The van der Waals surface area contributed by atoms with Gasteiger partial charge in [-0.05, 0) is 55.7 Å². The lowest BCUT2D eigenvalue weighted by molar-refractivity contribution is -0.113. The molecule has 0 bridgehead atoms. The van der Waals surface area contributed by atoms with E-state index in [1.165, 1.54) is 35.1 Å². The highest BCUT2D eigenvalue weighted by Crippen LogP contribution is 2.34. The Hall–Kier alpha value is -0.290. The number of hydrogen-bond donors (Lipinski definition) is 1. The fourth-order valence-electron chi connectivity index (χ4n) is 1.43. The molecule has 0 aliphatic rings. The minimum Gasteiger partial charge on any atom is -0.495 e. The predicted octanol–water partition coefficient (Wildman–Crippen LogP) is 4.52. The molecule has 22 heavy (non-hydrogen) atoms.